The molecule has 3 aromatic rings. The van der Waals surface area contributed by atoms with E-state index >= 15 is 0 Å². The van der Waals surface area contributed by atoms with Crippen molar-refractivity contribution in [3.05, 3.63) is 46.4 Å². The lowest BCUT2D eigenvalue weighted by atomic mass is 9.78. The van der Waals surface area contributed by atoms with Crippen LogP contribution in [0.25, 0.3) is 11.0 Å². The van der Waals surface area contributed by atoms with Gasteiger partial charge >= 0.3 is 7.12 Å². The van der Waals surface area contributed by atoms with Gasteiger partial charge in [0.2, 0.25) is 0 Å². The number of carbonyl (C=O) groups excluding carboxylic acids is 1. The Morgan fingerprint density at radius 3 is 3.00 bits per heavy atom. The van der Waals surface area contributed by atoms with Crippen molar-refractivity contribution in [1.82, 2.24) is 15.2 Å². The summed E-state index contributed by atoms with van der Waals surface area (Å²) in [5.41, 5.74) is 3.01. The van der Waals surface area contributed by atoms with Crippen LogP contribution in [0.4, 0.5) is 10.2 Å². The highest BCUT2D eigenvalue weighted by Gasteiger charge is 2.30. The van der Waals surface area contributed by atoms with Gasteiger partial charge in [-0.2, -0.15) is 5.10 Å². The van der Waals surface area contributed by atoms with Gasteiger partial charge in [0.05, 0.1) is 17.6 Å². The van der Waals surface area contributed by atoms with Crippen LogP contribution in [0.15, 0.2) is 18.2 Å². The molecule has 0 atom stereocenters. The van der Waals surface area contributed by atoms with Crippen LogP contribution in [-0.2, 0) is 11.3 Å². The fourth-order valence-corrected chi connectivity index (χ4v) is 3.07. The topological polar surface area (TPSA) is 100 Å². The Bertz CT molecular complexity index is 1020. The van der Waals surface area contributed by atoms with Gasteiger partial charge in [0.25, 0.3) is 5.91 Å². The number of rotatable bonds is 2. The third-order valence-corrected chi connectivity index (χ3v) is 4.22. The molecule has 0 unspecified atom stereocenters. The summed E-state index contributed by atoms with van der Waals surface area (Å²) in [6.07, 6.45) is 0. The molecule has 0 fully saturated rings. The van der Waals surface area contributed by atoms with Gasteiger partial charge in [0.15, 0.2) is 11.5 Å². The molecule has 1 aliphatic heterocycles. The second-order valence-electron chi connectivity index (χ2n) is 6.02. The summed E-state index contributed by atoms with van der Waals surface area (Å²) >= 11 is 0. The number of carbonyl (C=O) groups is 1. The van der Waals surface area contributed by atoms with Gasteiger partial charge in [-0.1, -0.05) is 0 Å². The number of amides is 1. The summed E-state index contributed by atoms with van der Waals surface area (Å²) in [5, 5.41) is 19.8. The van der Waals surface area contributed by atoms with Gasteiger partial charge in [-0.3, -0.25) is 9.89 Å². The molecule has 0 saturated heterocycles. The second-order valence-corrected chi connectivity index (χ2v) is 6.02. The molecule has 3 heterocycles. The molecule has 3 N–H and O–H groups in total. The van der Waals surface area contributed by atoms with E-state index in [2.05, 4.69) is 20.5 Å². The SMILES string of the molecule is Cc1cc(C)c2c(NC(=O)c3cc4c(cc3F)COB4O)n[nH]c2n1. The normalized spacial score (nSPS) is 13.4. The summed E-state index contributed by atoms with van der Waals surface area (Å²) < 4.78 is 19.3. The number of nitrogens with zero attached hydrogens (tertiary/aromatic N) is 2. The largest absolute Gasteiger partial charge is 0.491 e. The predicted molar refractivity (Wildman–Crippen MR) is 90.1 cm³/mol. The van der Waals surface area contributed by atoms with Crippen molar-refractivity contribution >= 4 is 35.3 Å². The van der Waals surface area contributed by atoms with E-state index in [0.717, 1.165) is 11.3 Å². The molecule has 4 rings (SSSR count). The van der Waals surface area contributed by atoms with Crippen molar-refractivity contribution in [2.45, 2.75) is 20.5 Å². The van der Waals surface area contributed by atoms with Crippen molar-refractivity contribution in [2.24, 2.45) is 0 Å². The third-order valence-electron chi connectivity index (χ3n) is 4.22. The zero-order valence-corrected chi connectivity index (χ0v) is 13.6. The van der Waals surface area contributed by atoms with Gasteiger partial charge in [-0.25, -0.2) is 9.37 Å². The first-order valence-electron chi connectivity index (χ1n) is 7.69. The van der Waals surface area contributed by atoms with Crippen molar-refractivity contribution in [1.29, 1.82) is 0 Å². The average molecular weight is 340 g/mol. The first-order chi connectivity index (χ1) is 11.9. The number of benzene rings is 1. The number of anilines is 1. The number of fused-ring (bicyclic) bond motifs is 2. The summed E-state index contributed by atoms with van der Waals surface area (Å²) in [4.78, 5) is 16.8. The Hall–Kier alpha value is -2.78. The zero-order chi connectivity index (χ0) is 17.7. The minimum Gasteiger partial charge on any atom is -0.423 e. The van der Waals surface area contributed by atoms with Crippen molar-refractivity contribution in [3.8, 4) is 0 Å². The molecule has 0 bridgehead atoms. The maximum Gasteiger partial charge on any atom is 0.491 e. The van der Waals surface area contributed by atoms with Gasteiger partial charge in [0, 0.05) is 5.69 Å². The molecule has 7 nitrogen and oxygen atoms in total. The van der Waals surface area contributed by atoms with Gasteiger partial charge in [-0.05, 0) is 48.6 Å². The summed E-state index contributed by atoms with van der Waals surface area (Å²) in [5.74, 6) is -1.06. The molecule has 1 aliphatic rings. The molecule has 0 saturated carbocycles. The molecule has 0 radical (unpaired) electrons. The maximum atomic E-state index is 14.3. The maximum absolute atomic E-state index is 14.3. The number of aromatic nitrogens is 3. The van der Waals surface area contributed by atoms with Crippen LogP contribution in [0.3, 0.4) is 0 Å². The Morgan fingerprint density at radius 2 is 2.20 bits per heavy atom. The Morgan fingerprint density at radius 1 is 1.40 bits per heavy atom. The lowest BCUT2D eigenvalue weighted by Crippen LogP contribution is -2.30. The molecule has 9 heteroatoms. The van der Waals surface area contributed by atoms with E-state index in [4.69, 9.17) is 4.65 Å². The van der Waals surface area contributed by atoms with E-state index in [1.54, 1.807) is 0 Å². The number of hydrogen-bond acceptors (Lipinski definition) is 5. The van der Waals surface area contributed by atoms with Gasteiger partial charge in [-0.15, -0.1) is 0 Å². The number of pyridine rings is 1. The van der Waals surface area contributed by atoms with Crippen LogP contribution in [0, 0.1) is 19.7 Å². The quantitative estimate of drug-likeness (QED) is 0.609. The number of nitrogens with one attached hydrogen (secondary N) is 2. The third kappa shape index (κ3) is 2.57. The highest BCUT2D eigenvalue weighted by atomic mass is 19.1. The molecular formula is C16H14BFN4O3. The number of aryl methyl sites for hydroxylation is 2. The van der Waals surface area contributed by atoms with Crippen LogP contribution in [-0.4, -0.2) is 33.2 Å². The summed E-state index contributed by atoms with van der Waals surface area (Å²) in [7, 11) is -1.15. The molecular weight excluding hydrogens is 326 g/mol. The van der Waals surface area contributed by atoms with E-state index in [1.807, 2.05) is 19.9 Å². The first-order valence-corrected chi connectivity index (χ1v) is 7.69. The smallest absolute Gasteiger partial charge is 0.423 e. The molecule has 2 aromatic heterocycles. The molecule has 0 aliphatic carbocycles. The van der Waals surface area contributed by atoms with Crippen LogP contribution >= 0.6 is 0 Å². The second kappa shape index (κ2) is 5.64. The Labute approximate surface area is 142 Å². The number of hydrogen-bond donors (Lipinski definition) is 3. The minimum absolute atomic E-state index is 0.115. The molecule has 25 heavy (non-hydrogen) atoms. The van der Waals surface area contributed by atoms with Crippen molar-refractivity contribution in [3.63, 3.8) is 0 Å². The van der Waals surface area contributed by atoms with Crippen LogP contribution in [0.1, 0.15) is 27.2 Å². The molecule has 1 amide bonds. The van der Waals surface area contributed by atoms with Crippen molar-refractivity contribution < 1.29 is 18.9 Å². The number of aromatic amines is 1. The fraction of sp³-hybridized carbons (Fsp3) is 0.188. The minimum atomic E-state index is -1.15. The molecule has 0 spiro atoms. The molecule has 1 aromatic carbocycles. The Balaban J connectivity index is 1.71. The van der Waals surface area contributed by atoms with Crippen molar-refractivity contribution in [2.75, 3.05) is 5.32 Å². The summed E-state index contributed by atoms with van der Waals surface area (Å²) in [6, 6.07) is 4.39. The molecule has 126 valence electrons. The average Bonchev–Trinajstić information content (AvgIpc) is 3.10. The number of halogens is 1. The Kier molecular flexibility index (Phi) is 3.55. The highest BCUT2D eigenvalue weighted by Crippen LogP contribution is 2.24. The lowest BCUT2D eigenvalue weighted by Gasteiger charge is -2.07. The number of H-pyrrole nitrogens is 1. The van der Waals surface area contributed by atoms with E-state index in [1.165, 1.54) is 12.1 Å². The van der Waals surface area contributed by atoms with E-state index in [9.17, 15) is 14.2 Å². The highest BCUT2D eigenvalue weighted by molar-refractivity contribution is 6.61. The van der Waals surface area contributed by atoms with Crippen LogP contribution in [0.5, 0.6) is 0 Å². The predicted octanol–water partition coefficient (Wildman–Crippen LogP) is 1.18. The monoisotopic (exact) mass is 340 g/mol. The summed E-state index contributed by atoms with van der Waals surface area (Å²) in [6.45, 7) is 3.86. The van der Waals surface area contributed by atoms with E-state index in [0.29, 0.717) is 22.1 Å². The van der Waals surface area contributed by atoms with Gasteiger partial charge in [0.1, 0.15) is 5.82 Å². The fourth-order valence-electron chi connectivity index (χ4n) is 3.07. The first kappa shape index (κ1) is 15.7. The van der Waals surface area contributed by atoms with E-state index < -0.39 is 18.8 Å². The zero-order valence-electron chi connectivity index (χ0n) is 13.6. The van der Waals surface area contributed by atoms with Crippen LogP contribution in [0.2, 0.25) is 0 Å². The standard InChI is InChI=1S/C16H14BFN4O3/c1-7-3-8(2)19-14-13(7)15(22-21-14)20-16(23)10-5-11-9(4-12(10)18)6-25-17(11)24/h3-5,24H,6H2,1-2H3,(H2,19,20,21,22,23). The van der Waals surface area contributed by atoms with E-state index in [-0.39, 0.29) is 18.0 Å². The lowest BCUT2D eigenvalue weighted by molar-refractivity contribution is 0.102. The van der Waals surface area contributed by atoms with Crippen LogP contribution < -0.4 is 10.8 Å². The van der Waals surface area contributed by atoms with Gasteiger partial charge < -0.3 is 15.0 Å².